The molecule has 0 saturated carbocycles. The van der Waals surface area contributed by atoms with Crippen LogP contribution in [0.15, 0.2) is 34.0 Å². The SMILES string of the molecule is Cc1cc(C)c2c(c1)COP(=O)(OC[C@]1(F)C[C@@H](O)[C@H](n3ccc(=O)[nH]c3=O)O1)O2. The van der Waals surface area contributed by atoms with E-state index in [2.05, 4.69) is 0 Å². The summed E-state index contributed by atoms with van der Waals surface area (Å²) in [5.41, 5.74) is 0.898. The number of benzene rings is 1. The number of nitrogens with zero attached hydrogens (tertiary/aromatic N) is 1. The van der Waals surface area contributed by atoms with Crippen LogP contribution in [0.3, 0.4) is 0 Å². The predicted octanol–water partition coefficient (Wildman–Crippen LogP) is 1.83. The number of aromatic amines is 1. The summed E-state index contributed by atoms with van der Waals surface area (Å²) in [5.74, 6) is -2.21. The largest absolute Gasteiger partial charge is 0.530 e. The minimum absolute atomic E-state index is 0.0344. The molecule has 0 amide bonds. The quantitative estimate of drug-likeness (QED) is 0.687. The van der Waals surface area contributed by atoms with E-state index in [1.54, 1.807) is 6.92 Å². The second-order valence-corrected chi connectivity index (χ2v) is 8.93. The lowest BCUT2D eigenvalue weighted by Gasteiger charge is -2.28. The molecule has 30 heavy (non-hydrogen) atoms. The van der Waals surface area contributed by atoms with Crippen LogP contribution in [-0.4, -0.2) is 33.2 Å². The van der Waals surface area contributed by atoms with E-state index in [0.717, 1.165) is 28.0 Å². The zero-order chi connectivity index (χ0) is 21.7. The highest BCUT2D eigenvalue weighted by Crippen LogP contribution is 2.56. The van der Waals surface area contributed by atoms with Crippen LogP contribution in [0.1, 0.15) is 29.3 Å². The highest BCUT2D eigenvalue weighted by atomic mass is 31.2. The molecule has 1 unspecified atom stereocenters. The Labute approximate surface area is 169 Å². The molecule has 12 heteroatoms. The summed E-state index contributed by atoms with van der Waals surface area (Å²) in [5, 5.41) is 10.2. The zero-order valence-corrected chi connectivity index (χ0v) is 17.1. The standard InChI is InChI=1S/C18H20FN2O8P/c1-10-5-11(2)15-12(6-10)8-26-30(25,29-15)27-9-18(19)7-13(22)16(28-18)21-4-3-14(23)20-17(21)24/h3-6,13,16,22H,7-9H2,1-2H3,(H,20,23,24)/t13-,16-,18+,30?/m1/s1. The van der Waals surface area contributed by atoms with Gasteiger partial charge in [-0.2, -0.15) is 0 Å². The predicted molar refractivity (Wildman–Crippen MR) is 101 cm³/mol. The number of phosphoric acid groups is 1. The van der Waals surface area contributed by atoms with Crippen molar-refractivity contribution in [3.8, 4) is 5.75 Å². The van der Waals surface area contributed by atoms with Gasteiger partial charge in [0.1, 0.15) is 18.5 Å². The van der Waals surface area contributed by atoms with E-state index in [4.69, 9.17) is 18.3 Å². The summed E-state index contributed by atoms with van der Waals surface area (Å²) in [6, 6.07) is 4.70. The number of aliphatic hydroxyl groups is 1. The second-order valence-electron chi connectivity index (χ2n) is 7.34. The molecule has 0 spiro atoms. The summed E-state index contributed by atoms with van der Waals surface area (Å²) in [7, 11) is -4.13. The number of hydrogen-bond acceptors (Lipinski definition) is 8. The monoisotopic (exact) mass is 442 g/mol. The molecule has 1 aromatic carbocycles. The molecule has 1 fully saturated rings. The summed E-state index contributed by atoms with van der Waals surface area (Å²) < 4.78 is 49.7. The van der Waals surface area contributed by atoms with E-state index in [1.165, 1.54) is 0 Å². The number of rotatable bonds is 4. The van der Waals surface area contributed by atoms with Gasteiger partial charge in [0.2, 0.25) is 5.85 Å². The Hall–Kier alpha value is -2.30. The van der Waals surface area contributed by atoms with Crippen molar-refractivity contribution >= 4 is 7.82 Å². The molecule has 3 heterocycles. The molecular formula is C18H20FN2O8P. The van der Waals surface area contributed by atoms with Gasteiger partial charge in [0.15, 0.2) is 6.23 Å². The van der Waals surface area contributed by atoms with Gasteiger partial charge in [-0.3, -0.25) is 23.4 Å². The maximum atomic E-state index is 15.1. The Morgan fingerprint density at radius 2 is 2.17 bits per heavy atom. The molecule has 1 aromatic heterocycles. The molecule has 0 radical (unpaired) electrons. The lowest BCUT2D eigenvalue weighted by atomic mass is 10.1. The molecule has 2 aliphatic heterocycles. The van der Waals surface area contributed by atoms with E-state index >= 15 is 4.39 Å². The fourth-order valence-electron chi connectivity index (χ4n) is 3.52. The number of hydrogen-bond donors (Lipinski definition) is 2. The van der Waals surface area contributed by atoms with Crippen LogP contribution in [0.25, 0.3) is 0 Å². The van der Waals surface area contributed by atoms with Crippen molar-refractivity contribution in [2.75, 3.05) is 6.61 Å². The normalized spacial score (nSPS) is 30.7. The molecule has 2 aromatic rings. The van der Waals surface area contributed by atoms with Crippen molar-refractivity contribution < 1.29 is 32.4 Å². The number of phosphoric ester groups is 1. The van der Waals surface area contributed by atoms with Crippen LogP contribution in [0, 0.1) is 13.8 Å². The molecule has 1 saturated heterocycles. The Balaban J connectivity index is 1.48. The van der Waals surface area contributed by atoms with Crippen molar-refractivity contribution in [3.63, 3.8) is 0 Å². The Morgan fingerprint density at radius 3 is 2.90 bits per heavy atom. The van der Waals surface area contributed by atoms with Gasteiger partial charge in [-0.15, -0.1) is 0 Å². The molecule has 162 valence electrons. The Morgan fingerprint density at radius 1 is 1.40 bits per heavy atom. The molecular weight excluding hydrogens is 422 g/mol. The summed E-state index contributed by atoms with van der Waals surface area (Å²) >= 11 is 0. The third-order valence-corrected chi connectivity index (χ3v) is 6.11. The number of halogens is 1. The fourth-order valence-corrected chi connectivity index (χ4v) is 4.84. The molecule has 4 rings (SSSR count). The van der Waals surface area contributed by atoms with Crippen molar-refractivity contribution in [2.45, 2.75) is 45.1 Å². The van der Waals surface area contributed by atoms with Gasteiger partial charge < -0.3 is 14.4 Å². The number of fused-ring (bicyclic) bond motifs is 1. The van der Waals surface area contributed by atoms with E-state index in [0.29, 0.717) is 11.3 Å². The van der Waals surface area contributed by atoms with Crippen LogP contribution in [-0.2, 0) is 25.0 Å². The Bertz CT molecular complexity index is 1150. The average molecular weight is 442 g/mol. The second kappa shape index (κ2) is 7.44. The smallest absolute Gasteiger partial charge is 0.403 e. The Kier molecular flexibility index (Phi) is 5.19. The summed E-state index contributed by atoms with van der Waals surface area (Å²) in [4.78, 5) is 25.1. The lowest BCUT2D eigenvalue weighted by molar-refractivity contribution is -0.179. The first-order chi connectivity index (χ1) is 14.1. The maximum absolute atomic E-state index is 15.1. The number of aliphatic hydroxyl groups excluding tert-OH is 1. The highest BCUT2D eigenvalue weighted by molar-refractivity contribution is 7.49. The first-order valence-corrected chi connectivity index (χ1v) is 10.6. The topological polar surface area (TPSA) is 129 Å². The van der Waals surface area contributed by atoms with Crippen LogP contribution in [0.4, 0.5) is 4.39 Å². The van der Waals surface area contributed by atoms with Gasteiger partial charge in [0.05, 0.1) is 6.61 Å². The van der Waals surface area contributed by atoms with Gasteiger partial charge in [-0.25, -0.2) is 13.8 Å². The average Bonchev–Trinajstić information content (AvgIpc) is 2.96. The highest BCUT2D eigenvalue weighted by Gasteiger charge is 2.50. The molecule has 10 nitrogen and oxygen atoms in total. The first kappa shape index (κ1) is 21.0. The van der Waals surface area contributed by atoms with Crippen LogP contribution in [0.2, 0.25) is 0 Å². The molecule has 4 atom stereocenters. The fraction of sp³-hybridized carbons (Fsp3) is 0.444. The van der Waals surface area contributed by atoms with Crippen molar-refractivity contribution in [3.05, 3.63) is 61.9 Å². The lowest BCUT2D eigenvalue weighted by Crippen LogP contribution is -2.35. The van der Waals surface area contributed by atoms with Gasteiger partial charge in [0.25, 0.3) is 5.56 Å². The molecule has 0 aliphatic carbocycles. The zero-order valence-electron chi connectivity index (χ0n) is 16.2. The van der Waals surface area contributed by atoms with Crippen molar-refractivity contribution in [1.29, 1.82) is 0 Å². The minimum atomic E-state index is -4.13. The molecule has 2 aliphatic rings. The third-order valence-electron chi connectivity index (χ3n) is 4.82. The number of aryl methyl sites for hydroxylation is 2. The number of aromatic nitrogens is 2. The molecule has 2 N–H and O–H groups in total. The molecule has 0 bridgehead atoms. The number of nitrogens with one attached hydrogen (secondary N) is 1. The van der Waals surface area contributed by atoms with Crippen molar-refractivity contribution in [2.24, 2.45) is 0 Å². The number of H-pyrrole nitrogens is 1. The van der Waals surface area contributed by atoms with Crippen LogP contribution in [0.5, 0.6) is 5.75 Å². The summed E-state index contributed by atoms with van der Waals surface area (Å²) in [6.07, 6.45) is -2.29. The van der Waals surface area contributed by atoms with Gasteiger partial charge in [-0.1, -0.05) is 17.7 Å². The van der Waals surface area contributed by atoms with Gasteiger partial charge in [-0.05, 0) is 19.4 Å². The maximum Gasteiger partial charge on any atom is 0.530 e. The van der Waals surface area contributed by atoms with Crippen LogP contribution < -0.4 is 15.8 Å². The van der Waals surface area contributed by atoms with Crippen LogP contribution >= 0.6 is 7.82 Å². The number of ether oxygens (including phenoxy) is 1. The first-order valence-electron chi connectivity index (χ1n) is 9.13. The summed E-state index contributed by atoms with van der Waals surface area (Å²) in [6.45, 7) is 2.78. The van der Waals surface area contributed by atoms with Gasteiger partial charge >= 0.3 is 13.5 Å². The number of alkyl halides is 1. The van der Waals surface area contributed by atoms with E-state index in [-0.39, 0.29) is 6.61 Å². The van der Waals surface area contributed by atoms with E-state index in [9.17, 15) is 19.3 Å². The van der Waals surface area contributed by atoms with E-state index in [1.807, 2.05) is 24.0 Å². The van der Waals surface area contributed by atoms with E-state index < -0.39 is 50.3 Å². The van der Waals surface area contributed by atoms with Gasteiger partial charge in [0, 0.05) is 24.2 Å². The third kappa shape index (κ3) is 3.99. The minimum Gasteiger partial charge on any atom is -0.403 e. The van der Waals surface area contributed by atoms with Crippen molar-refractivity contribution in [1.82, 2.24) is 9.55 Å².